The van der Waals surface area contributed by atoms with Crippen LogP contribution in [0.15, 0.2) is 27.6 Å². The molecule has 0 aliphatic carbocycles. The Bertz CT molecular complexity index is 534. The maximum Gasteiger partial charge on any atom is 0.244 e. The Morgan fingerprint density at radius 3 is 2.75 bits per heavy atom. The summed E-state index contributed by atoms with van der Waals surface area (Å²) in [4.78, 5) is 0.116. The molecule has 0 radical (unpaired) electrons. The van der Waals surface area contributed by atoms with Gasteiger partial charge in [-0.3, -0.25) is 0 Å². The van der Waals surface area contributed by atoms with Crippen molar-refractivity contribution >= 4 is 31.6 Å². The van der Waals surface area contributed by atoms with Crippen LogP contribution in [0.3, 0.4) is 0 Å². The van der Waals surface area contributed by atoms with E-state index in [1.165, 1.54) is 13.1 Å². The van der Waals surface area contributed by atoms with Crippen molar-refractivity contribution in [1.29, 1.82) is 0 Å². The fourth-order valence-corrected chi connectivity index (χ4v) is 3.14. The number of nitrogens with zero attached hydrogens (tertiary/aromatic N) is 1. The number of hydrogen-bond donors (Lipinski definition) is 1. The summed E-state index contributed by atoms with van der Waals surface area (Å²) in [6, 6.07) is 4.60. The summed E-state index contributed by atoms with van der Waals surface area (Å²) in [6.07, 6.45) is 5.08. The molecular weight excluding hydrogens is 292 g/mol. The van der Waals surface area contributed by atoms with Gasteiger partial charge in [-0.05, 0) is 34.1 Å². The number of nitrogen functional groups attached to an aromatic ring is 1. The average molecular weight is 303 g/mol. The Hall–Kier alpha value is -1.03. The molecule has 0 atom stereocenters. The van der Waals surface area contributed by atoms with Gasteiger partial charge in [0, 0.05) is 17.2 Å². The first kappa shape index (κ1) is 13.0. The monoisotopic (exact) mass is 302 g/mol. The molecule has 0 saturated carbocycles. The highest BCUT2D eigenvalue weighted by Gasteiger charge is 2.22. The Balaban J connectivity index is 3.28. The molecule has 0 amide bonds. The Labute approximate surface area is 104 Å². The highest BCUT2D eigenvalue weighted by molar-refractivity contribution is 9.10. The molecule has 0 aliphatic rings. The molecule has 0 saturated heterocycles. The van der Waals surface area contributed by atoms with Crippen molar-refractivity contribution < 1.29 is 8.42 Å². The number of rotatable bonds is 3. The predicted octanol–water partition coefficient (Wildman–Crippen LogP) is 1.29. The number of anilines is 1. The van der Waals surface area contributed by atoms with Crippen molar-refractivity contribution in [2.75, 3.05) is 19.3 Å². The van der Waals surface area contributed by atoms with E-state index in [2.05, 4.69) is 21.9 Å². The smallest absolute Gasteiger partial charge is 0.244 e. The van der Waals surface area contributed by atoms with E-state index >= 15 is 0 Å². The van der Waals surface area contributed by atoms with Crippen LogP contribution in [0.1, 0.15) is 0 Å². The molecule has 16 heavy (non-hydrogen) atoms. The van der Waals surface area contributed by atoms with E-state index in [0.29, 0.717) is 10.2 Å². The lowest BCUT2D eigenvalue weighted by molar-refractivity contribution is 0.502. The number of nitrogens with two attached hydrogens (primary N) is 1. The van der Waals surface area contributed by atoms with Gasteiger partial charge in [0.15, 0.2) is 0 Å². The Morgan fingerprint density at radius 2 is 2.19 bits per heavy atom. The van der Waals surface area contributed by atoms with Crippen LogP contribution < -0.4 is 5.73 Å². The van der Waals surface area contributed by atoms with Gasteiger partial charge >= 0.3 is 0 Å². The first-order valence-electron chi connectivity index (χ1n) is 4.34. The first-order valence-corrected chi connectivity index (χ1v) is 6.57. The van der Waals surface area contributed by atoms with E-state index in [1.807, 2.05) is 0 Å². The highest BCUT2D eigenvalue weighted by atomic mass is 79.9. The van der Waals surface area contributed by atoms with Gasteiger partial charge in [0.05, 0.1) is 11.4 Å². The lowest BCUT2D eigenvalue weighted by atomic mass is 10.3. The summed E-state index contributed by atoms with van der Waals surface area (Å²) in [5.41, 5.74) is 5.94. The number of halogens is 1. The quantitative estimate of drug-likeness (QED) is 0.676. The third-order valence-corrected chi connectivity index (χ3v) is 4.75. The Morgan fingerprint density at radius 1 is 1.56 bits per heavy atom. The van der Waals surface area contributed by atoms with Crippen molar-refractivity contribution in [3.05, 3.63) is 22.7 Å². The van der Waals surface area contributed by atoms with Crippen LogP contribution >= 0.6 is 15.9 Å². The molecule has 2 N–H and O–H groups in total. The number of hydrogen-bond acceptors (Lipinski definition) is 3. The van der Waals surface area contributed by atoms with Crippen LogP contribution in [-0.2, 0) is 10.0 Å². The van der Waals surface area contributed by atoms with E-state index in [-0.39, 0.29) is 11.4 Å². The van der Waals surface area contributed by atoms with Gasteiger partial charge in [0.25, 0.3) is 0 Å². The zero-order valence-corrected chi connectivity index (χ0v) is 11.0. The molecule has 0 bridgehead atoms. The minimum atomic E-state index is -3.59. The molecule has 1 aromatic carbocycles. The van der Waals surface area contributed by atoms with Crippen LogP contribution in [0.5, 0.6) is 0 Å². The number of sulfonamides is 1. The van der Waals surface area contributed by atoms with Gasteiger partial charge in [-0.2, -0.15) is 4.31 Å². The minimum Gasteiger partial charge on any atom is -0.399 e. The summed E-state index contributed by atoms with van der Waals surface area (Å²) in [6.45, 7) is 0.0174. The fraction of sp³-hybridized carbons (Fsp3) is 0.200. The van der Waals surface area contributed by atoms with Crippen LogP contribution in [0.2, 0.25) is 0 Å². The molecular formula is C10H11BrN2O2S. The first-order chi connectivity index (χ1) is 7.39. The minimum absolute atomic E-state index is 0.0174. The maximum absolute atomic E-state index is 12.0. The molecule has 0 unspecified atom stereocenters. The second kappa shape index (κ2) is 4.87. The Kier molecular flexibility index (Phi) is 3.97. The third kappa shape index (κ3) is 2.55. The van der Waals surface area contributed by atoms with Crippen molar-refractivity contribution in [3.8, 4) is 12.3 Å². The second-order valence-corrected chi connectivity index (χ2v) is 6.02. The maximum atomic E-state index is 12.0. The predicted molar refractivity (Wildman–Crippen MR) is 67.2 cm³/mol. The topological polar surface area (TPSA) is 63.4 Å². The lowest BCUT2D eigenvalue weighted by Gasteiger charge is -2.15. The molecule has 0 heterocycles. The van der Waals surface area contributed by atoms with Crippen LogP contribution in [0.4, 0.5) is 5.69 Å². The standard InChI is InChI=1S/C10H11BrN2O2S/c1-3-6-13(2)16(14,15)10-7-8(12)4-5-9(10)11/h1,4-5,7H,6,12H2,2H3. The average Bonchev–Trinajstić information content (AvgIpc) is 2.22. The van der Waals surface area contributed by atoms with Crippen LogP contribution in [0.25, 0.3) is 0 Å². The van der Waals surface area contributed by atoms with Gasteiger partial charge < -0.3 is 5.73 Å². The number of benzene rings is 1. The number of terminal acetylenes is 1. The normalized spacial score (nSPS) is 11.4. The molecule has 4 nitrogen and oxygen atoms in total. The van der Waals surface area contributed by atoms with Crippen LogP contribution in [0, 0.1) is 12.3 Å². The SMILES string of the molecule is C#CCN(C)S(=O)(=O)c1cc(N)ccc1Br. The molecule has 0 aromatic heterocycles. The van der Waals surface area contributed by atoms with Gasteiger partial charge in [0.2, 0.25) is 10.0 Å². The molecule has 0 fully saturated rings. The third-order valence-electron chi connectivity index (χ3n) is 1.96. The van der Waals surface area contributed by atoms with E-state index in [0.717, 1.165) is 4.31 Å². The molecule has 0 spiro atoms. The van der Waals surface area contributed by atoms with E-state index in [9.17, 15) is 8.42 Å². The molecule has 6 heteroatoms. The summed E-state index contributed by atoms with van der Waals surface area (Å²) >= 11 is 3.17. The molecule has 86 valence electrons. The van der Waals surface area contributed by atoms with Crippen molar-refractivity contribution in [2.24, 2.45) is 0 Å². The largest absolute Gasteiger partial charge is 0.399 e. The van der Waals surface area contributed by atoms with E-state index in [1.54, 1.807) is 12.1 Å². The van der Waals surface area contributed by atoms with Gasteiger partial charge in [0.1, 0.15) is 0 Å². The molecule has 1 rings (SSSR count). The summed E-state index contributed by atoms with van der Waals surface area (Å²) in [5.74, 6) is 2.28. The zero-order valence-electron chi connectivity index (χ0n) is 8.64. The van der Waals surface area contributed by atoms with Crippen molar-refractivity contribution in [3.63, 3.8) is 0 Å². The summed E-state index contributed by atoms with van der Waals surface area (Å²) in [7, 11) is -2.17. The van der Waals surface area contributed by atoms with Gasteiger partial charge in [-0.25, -0.2) is 8.42 Å². The van der Waals surface area contributed by atoms with Crippen LogP contribution in [-0.4, -0.2) is 26.3 Å². The molecule has 1 aromatic rings. The summed E-state index contributed by atoms with van der Waals surface area (Å²) < 4.78 is 25.6. The zero-order chi connectivity index (χ0) is 12.3. The molecule has 0 aliphatic heterocycles. The van der Waals surface area contributed by atoms with Gasteiger partial charge in [-0.1, -0.05) is 5.92 Å². The second-order valence-electron chi connectivity index (χ2n) is 3.16. The van der Waals surface area contributed by atoms with E-state index in [4.69, 9.17) is 12.2 Å². The van der Waals surface area contributed by atoms with E-state index < -0.39 is 10.0 Å². The fourth-order valence-electron chi connectivity index (χ4n) is 1.10. The lowest BCUT2D eigenvalue weighted by Crippen LogP contribution is -2.27. The van der Waals surface area contributed by atoms with Crippen molar-refractivity contribution in [1.82, 2.24) is 4.31 Å². The summed E-state index contributed by atoms with van der Waals surface area (Å²) in [5, 5.41) is 0. The van der Waals surface area contributed by atoms with Gasteiger partial charge in [-0.15, -0.1) is 6.42 Å². The van der Waals surface area contributed by atoms with Crippen molar-refractivity contribution in [2.45, 2.75) is 4.90 Å². The highest BCUT2D eigenvalue weighted by Crippen LogP contribution is 2.26.